The van der Waals surface area contributed by atoms with Gasteiger partial charge in [-0.1, -0.05) is 0 Å². The molecule has 0 radical (unpaired) electrons. The van der Waals surface area contributed by atoms with Gasteiger partial charge in [-0.3, -0.25) is 9.48 Å². The molecule has 0 fully saturated rings. The zero-order valence-corrected chi connectivity index (χ0v) is 13.7. The summed E-state index contributed by atoms with van der Waals surface area (Å²) in [5, 5.41) is 15.6. The Balaban J connectivity index is 2.27. The summed E-state index contributed by atoms with van der Waals surface area (Å²) in [6, 6.07) is 4.78. The number of carbonyl (C=O) groups is 2. The Bertz CT molecular complexity index is 754. The SMILES string of the molecule is CCOc1ccc(C(=O)Nc2cnn(C)c2C(=O)O)cc1OCC. The Morgan fingerprint density at radius 3 is 2.50 bits per heavy atom. The number of aromatic carboxylic acids is 1. The highest BCUT2D eigenvalue weighted by Crippen LogP contribution is 2.29. The lowest BCUT2D eigenvalue weighted by Crippen LogP contribution is -2.15. The zero-order valence-electron chi connectivity index (χ0n) is 13.7. The van der Waals surface area contributed by atoms with E-state index in [1.165, 1.54) is 17.9 Å². The van der Waals surface area contributed by atoms with Gasteiger partial charge in [-0.2, -0.15) is 5.10 Å². The first-order chi connectivity index (χ1) is 11.5. The average Bonchev–Trinajstić information content (AvgIpc) is 2.90. The fourth-order valence-corrected chi connectivity index (χ4v) is 2.17. The molecule has 1 amide bonds. The number of anilines is 1. The summed E-state index contributed by atoms with van der Waals surface area (Å²) in [7, 11) is 1.49. The summed E-state index contributed by atoms with van der Waals surface area (Å²) in [6.45, 7) is 4.59. The van der Waals surface area contributed by atoms with Crippen LogP contribution in [0, 0.1) is 0 Å². The number of nitrogens with one attached hydrogen (secondary N) is 1. The largest absolute Gasteiger partial charge is 0.490 e. The molecule has 0 spiro atoms. The molecule has 24 heavy (non-hydrogen) atoms. The maximum atomic E-state index is 12.4. The summed E-state index contributed by atoms with van der Waals surface area (Å²) in [5.41, 5.74) is 0.350. The van der Waals surface area contributed by atoms with E-state index in [2.05, 4.69) is 10.4 Å². The van der Waals surface area contributed by atoms with Crippen molar-refractivity contribution < 1.29 is 24.2 Å². The fraction of sp³-hybridized carbons (Fsp3) is 0.312. The van der Waals surface area contributed by atoms with Crippen LogP contribution in [0.1, 0.15) is 34.7 Å². The van der Waals surface area contributed by atoms with Crippen molar-refractivity contribution in [2.45, 2.75) is 13.8 Å². The van der Waals surface area contributed by atoms with E-state index in [0.717, 1.165) is 0 Å². The number of aryl methyl sites for hydroxylation is 1. The van der Waals surface area contributed by atoms with Crippen LogP contribution >= 0.6 is 0 Å². The minimum atomic E-state index is -1.17. The molecule has 0 atom stereocenters. The van der Waals surface area contributed by atoms with Crippen LogP contribution in [0.4, 0.5) is 5.69 Å². The van der Waals surface area contributed by atoms with Gasteiger partial charge in [0.05, 0.1) is 25.1 Å². The third-order valence-corrected chi connectivity index (χ3v) is 3.20. The van der Waals surface area contributed by atoms with Gasteiger partial charge in [0.15, 0.2) is 17.2 Å². The van der Waals surface area contributed by atoms with Gasteiger partial charge in [-0.15, -0.1) is 0 Å². The molecule has 0 saturated heterocycles. The van der Waals surface area contributed by atoms with E-state index in [9.17, 15) is 14.7 Å². The van der Waals surface area contributed by atoms with Crippen LogP contribution in [0.15, 0.2) is 24.4 Å². The highest BCUT2D eigenvalue weighted by molar-refractivity contribution is 6.07. The minimum Gasteiger partial charge on any atom is -0.490 e. The predicted molar refractivity (Wildman–Crippen MR) is 86.9 cm³/mol. The molecule has 8 nitrogen and oxygen atoms in total. The van der Waals surface area contributed by atoms with Crippen molar-refractivity contribution in [2.75, 3.05) is 18.5 Å². The highest BCUT2D eigenvalue weighted by Gasteiger charge is 2.19. The topological polar surface area (TPSA) is 103 Å². The standard InChI is InChI=1S/C16H19N3O5/c1-4-23-12-7-6-10(8-13(12)24-5-2)15(20)18-11-9-17-19(3)14(11)16(21)22/h6-9H,4-5H2,1-3H3,(H,18,20)(H,21,22). The van der Waals surface area contributed by atoms with Crippen molar-refractivity contribution in [1.82, 2.24) is 9.78 Å². The number of benzene rings is 1. The molecule has 128 valence electrons. The molecule has 0 aliphatic carbocycles. The molecule has 0 saturated carbocycles. The van der Waals surface area contributed by atoms with E-state index < -0.39 is 11.9 Å². The monoisotopic (exact) mass is 333 g/mol. The minimum absolute atomic E-state index is 0.0979. The molecule has 2 N–H and O–H groups in total. The molecule has 0 unspecified atom stereocenters. The molecular weight excluding hydrogens is 314 g/mol. The third-order valence-electron chi connectivity index (χ3n) is 3.20. The first kappa shape index (κ1) is 17.3. The normalized spacial score (nSPS) is 10.3. The summed E-state index contributed by atoms with van der Waals surface area (Å²) < 4.78 is 12.1. The first-order valence-corrected chi connectivity index (χ1v) is 7.44. The van der Waals surface area contributed by atoms with Crippen LogP contribution in [0.25, 0.3) is 0 Å². The third kappa shape index (κ3) is 3.65. The second kappa shape index (κ2) is 7.49. The van der Waals surface area contributed by atoms with Gasteiger partial charge < -0.3 is 19.9 Å². The Kier molecular flexibility index (Phi) is 5.41. The quantitative estimate of drug-likeness (QED) is 0.805. The van der Waals surface area contributed by atoms with Gasteiger partial charge in [0, 0.05) is 12.6 Å². The maximum Gasteiger partial charge on any atom is 0.356 e. The fourth-order valence-electron chi connectivity index (χ4n) is 2.17. The van der Waals surface area contributed by atoms with Crippen LogP contribution in [0.3, 0.4) is 0 Å². The number of carboxylic acid groups (broad SMARTS) is 1. The van der Waals surface area contributed by atoms with E-state index in [-0.39, 0.29) is 11.4 Å². The number of hydrogen-bond acceptors (Lipinski definition) is 5. The number of rotatable bonds is 7. The van der Waals surface area contributed by atoms with E-state index in [4.69, 9.17) is 9.47 Å². The molecule has 2 rings (SSSR count). The molecule has 1 heterocycles. The smallest absolute Gasteiger partial charge is 0.356 e. The second-order valence-electron chi connectivity index (χ2n) is 4.82. The summed E-state index contributed by atoms with van der Waals surface area (Å²) in [5.74, 6) is -0.637. The molecule has 2 aromatic rings. The Morgan fingerprint density at radius 1 is 1.21 bits per heavy atom. The predicted octanol–water partition coefficient (Wildman–Crippen LogP) is 2.17. The van der Waals surface area contributed by atoms with Gasteiger partial charge >= 0.3 is 5.97 Å². The average molecular weight is 333 g/mol. The van der Waals surface area contributed by atoms with Crippen LogP contribution in [-0.4, -0.2) is 40.0 Å². The summed E-state index contributed by atoms with van der Waals surface area (Å²) in [4.78, 5) is 23.6. The Labute approximate surface area is 139 Å². The van der Waals surface area contributed by atoms with Crippen molar-refractivity contribution in [1.29, 1.82) is 0 Å². The molecule has 0 bridgehead atoms. The van der Waals surface area contributed by atoms with Crippen molar-refractivity contribution in [3.8, 4) is 11.5 Å². The molecule has 1 aromatic heterocycles. The van der Waals surface area contributed by atoms with E-state index in [1.807, 2.05) is 13.8 Å². The van der Waals surface area contributed by atoms with Gasteiger partial charge in [0.2, 0.25) is 0 Å². The van der Waals surface area contributed by atoms with Crippen molar-refractivity contribution in [2.24, 2.45) is 7.05 Å². The summed E-state index contributed by atoms with van der Waals surface area (Å²) >= 11 is 0. The van der Waals surface area contributed by atoms with Gasteiger partial charge in [0.25, 0.3) is 5.91 Å². The van der Waals surface area contributed by atoms with Crippen LogP contribution < -0.4 is 14.8 Å². The number of nitrogens with zero attached hydrogens (tertiary/aromatic N) is 2. The molecule has 0 aliphatic heterocycles. The number of aromatic nitrogens is 2. The van der Waals surface area contributed by atoms with E-state index in [0.29, 0.717) is 30.3 Å². The number of carboxylic acids is 1. The summed E-state index contributed by atoms with van der Waals surface area (Å²) in [6.07, 6.45) is 1.29. The van der Waals surface area contributed by atoms with Crippen molar-refractivity contribution in [3.63, 3.8) is 0 Å². The van der Waals surface area contributed by atoms with Crippen LogP contribution in [0.5, 0.6) is 11.5 Å². The van der Waals surface area contributed by atoms with Crippen LogP contribution in [-0.2, 0) is 7.05 Å². The first-order valence-electron chi connectivity index (χ1n) is 7.44. The lowest BCUT2D eigenvalue weighted by atomic mass is 10.2. The molecular formula is C16H19N3O5. The molecule has 8 heteroatoms. The second-order valence-corrected chi connectivity index (χ2v) is 4.82. The van der Waals surface area contributed by atoms with Crippen molar-refractivity contribution >= 4 is 17.6 Å². The number of ether oxygens (including phenoxy) is 2. The highest BCUT2D eigenvalue weighted by atomic mass is 16.5. The number of hydrogen-bond donors (Lipinski definition) is 2. The lowest BCUT2D eigenvalue weighted by Gasteiger charge is -2.12. The van der Waals surface area contributed by atoms with Crippen LogP contribution in [0.2, 0.25) is 0 Å². The number of amides is 1. The van der Waals surface area contributed by atoms with E-state index in [1.54, 1.807) is 18.2 Å². The van der Waals surface area contributed by atoms with Gasteiger partial charge in [-0.05, 0) is 32.0 Å². The Hall–Kier alpha value is -3.03. The van der Waals surface area contributed by atoms with E-state index >= 15 is 0 Å². The molecule has 1 aromatic carbocycles. The van der Waals surface area contributed by atoms with Gasteiger partial charge in [0.1, 0.15) is 0 Å². The number of carbonyl (C=O) groups excluding carboxylic acids is 1. The van der Waals surface area contributed by atoms with Gasteiger partial charge in [-0.25, -0.2) is 4.79 Å². The zero-order chi connectivity index (χ0) is 17.7. The lowest BCUT2D eigenvalue weighted by molar-refractivity contribution is 0.0686. The molecule has 0 aliphatic rings. The maximum absolute atomic E-state index is 12.4. The van der Waals surface area contributed by atoms with Crippen molar-refractivity contribution in [3.05, 3.63) is 35.7 Å². The Morgan fingerprint density at radius 2 is 1.88 bits per heavy atom.